The van der Waals surface area contributed by atoms with Crippen LogP contribution in [0, 0.1) is 11.6 Å². The van der Waals surface area contributed by atoms with Crippen molar-refractivity contribution in [1.29, 1.82) is 0 Å². The number of benzene rings is 1. The average Bonchev–Trinajstić information content (AvgIpc) is 2.66. The van der Waals surface area contributed by atoms with Gasteiger partial charge in [-0.15, -0.1) is 11.3 Å². The van der Waals surface area contributed by atoms with Gasteiger partial charge in [0.2, 0.25) is 0 Å². The molecule has 0 fully saturated rings. The van der Waals surface area contributed by atoms with Crippen molar-refractivity contribution in [3.8, 4) is 10.4 Å². The van der Waals surface area contributed by atoms with Crippen molar-refractivity contribution < 1.29 is 13.6 Å². The van der Waals surface area contributed by atoms with Gasteiger partial charge in [0.1, 0.15) is 11.6 Å². The van der Waals surface area contributed by atoms with E-state index in [0.717, 1.165) is 11.3 Å². The Kier molecular flexibility index (Phi) is 2.60. The van der Waals surface area contributed by atoms with Gasteiger partial charge >= 0.3 is 0 Å². The normalized spacial score (nSPS) is 10.3. The molecule has 0 aliphatic heterocycles. The van der Waals surface area contributed by atoms with Crippen LogP contribution in [0.4, 0.5) is 8.78 Å². The van der Waals surface area contributed by atoms with E-state index in [1.54, 1.807) is 6.07 Å². The Balaban J connectivity index is 2.58. The molecule has 0 atom stereocenters. The standard InChI is InChI=1S/C11H6F2OS/c12-8-2-1-3-9(13)11(8)10-5-4-7(6-14)15-10/h1-6H. The number of carbonyl (C=O) groups is 1. The smallest absolute Gasteiger partial charge is 0.160 e. The molecule has 0 radical (unpaired) electrons. The lowest BCUT2D eigenvalue weighted by Crippen LogP contribution is -1.86. The van der Waals surface area contributed by atoms with Gasteiger partial charge in [0, 0.05) is 4.88 Å². The maximum atomic E-state index is 13.3. The lowest BCUT2D eigenvalue weighted by atomic mass is 10.1. The van der Waals surface area contributed by atoms with Crippen LogP contribution in [0.3, 0.4) is 0 Å². The summed E-state index contributed by atoms with van der Waals surface area (Å²) in [6, 6.07) is 6.77. The van der Waals surface area contributed by atoms with E-state index in [1.165, 1.54) is 24.3 Å². The fourth-order valence-corrected chi connectivity index (χ4v) is 2.16. The molecule has 76 valence electrons. The van der Waals surface area contributed by atoms with Crippen LogP contribution in [0.15, 0.2) is 30.3 Å². The third kappa shape index (κ3) is 1.80. The SMILES string of the molecule is O=Cc1ccc(-c2c(F)cccc2F)s1. The van der Waals surface area contributed by atoms with E-state index in [9.17, 15) is 13.6 Å². The summed E-state index contributed by atoms with van der Waals surface area (Å²) in [6.07, 6.45) is 0.660. The van der Waals surface area contributed by atoms with Crippen LogP contribution in [0.2, 0.25) is 0 Å². The van der Waals surface area contributed by atoms with Gasteiger partial charge in [-0.05, 0) is 24.3 Å². The predicted octanol–water partition coefficient (Wildman–Crippen LogP) is 3.51. The molecular weight excluding hydrogens is 218 g/mol. The maximum absolute atomic E-state index is 13.3. The highest BCUT2D eigenvalue weighted by Crippen LogP contribution is 2.31. The molecule has 0 aliphatic carbocycles. The summed E-state index contributed by atoms with van der Waals surface area (Å²) in [5, 5.41) is 0. The molecule has 0 N–H and O–H groups in total. The minimum atomic E-state index is -0.616. The van der Waals surface area contributed by atoms with Gasteiger partial charge in [0.15, 0.2) is 6.29 Å². The van der Waals surface area contributed by atoms with Gasteiger partial charge in [-0.3, -0.25) is 4.79 Å². The first-order valence-corrected chi connectivity index (χ1v) is 5.03. The van der Waals surface area contributed by atoms with Crippen molar-refractivity contribution in [1.82, 2.24) is 0 Å². The Hall–Kier alpha value is -1.55. The first-order valence-electron chi connectivity index (χ1n) is 4.22. The largest absolute Gasteiger partial charge is 0.297 e. The number of carbonyl (C=O) groups excluding carboxylic acids is 1. The zero-order valence-electron chi connectivity index (χ0n) is 7.54. The molecule has 0 aliphatic rings. The highest BCUT2D eigenvalue weighted by molar-refractivity contribution is 7.17. The molecule has 1 aromatic carbocycles. The van der Waals surface area contributed by atoms with Crippen molar-refractivity contribution in [2.45, 2.75) is 0 Å². The molecule has 0 saturated carbocycles. The van der Waals surface area contributed by atoms with Crippen LogP contribution in [0.5, 0.6) is 0 Å². The van der Waals surface area contributed by atoms with E-state index in [1.807, 2.05) is 0 Å². The molecule has 1 nitrogen and oxygen atoms in total. The zero-order chi connectivity index (χ0) is 10.8. The van der Waals surface area contributed by atoms with Crippen molar-refractivity contribution in [2.75, 3.05) is 0 Å². The van der Waals surface area contributed by atoms with Crippen LogP contribution < -0.4 is 0 Å². The van der Waals surface area contributed by atoms with Crippen molar-refractivity contribution >= 4 is 17.6 Å². The lowest BCUT2D eigenvalue weighted by Gasteiger charge is -2.00. The predicted molar refractivity (Wildman–Crippen MR) is 55.1 cm³/mol. The van der Waals surface area contributed by atoms with E-state index in [2.05, 4.69) is 0 Å². The van der Waals surface area contributed by atoms with Gasteiger partial charge in [-0.25, -0.2) is 8.78 Å². The van der Waals surface area contributed by atoms with Crippen molar-refractivity contribution in [3.05, 3.63) is 46.8 Å². The lowest BCUT2D eigenvalue weighted by molar-refractivity contribution is 0.112. The molecule has 0 saturated heterocycles. The number of halogens is 2. The van der Waals surface area contributed by atoms with Crippen LogP contribution in [-0.2, 0) is 0 Å². The third-order valence-corrected chi connectivity index (χ3v) is 2.98. The monoisotopic (exact) mass is 224 g/mol. The Bertz CT molecular complexity index is 485. The molecule has 1 aromatic heterocycles. The maximum Gasteiger partial charge on any atom is 0.160 e. The summed E-state index contributed by atoms with van der Waals surface area (Å²) in [5.74, 6) is -1.23. The van der Waals surface area contributed by atoms with Gasteiger partial charge in [0.05, 0.1) is 10.4 Å². The first kappa shape index (κ1) is 9.98. The van der Waals surface area contributed by atoms with Crippen LogP contribution in [0.1, 0.15) is 9.67 Å². The van der Waals surface area contributed by atoms with Crippen LogP contribution in [0.25, 0.3) is 10.4 Å². The molecule has 2 rings (SSSR count). The number of hydrogen-bond donors (Lipinski definition) is 0. The number of rotatable bonds is 2. The van der Waals surface area contributed by atoms with Gasteiger partial charge in [0.25, 0.3) is 0 Å². The highest BCUT2D eigenvalue weighted by atomic mass is 32.1. The summed E-state index contributed by atoms with van der Waals surface area (Å²) in [5.41, 5.74) is -0.0735. The van der Waals surface area contributed by atoms with Crippen molar-refractivity contribution in [2.24, 2.45) is 0 Å². The summed E-state index contributed by atoms with van der Waals surface area (Å²) >= 11 is 1.07. The second-order valence-corrected chi connectivity index (χ2v) is 4.03. The van der Waals surface area contributed by atoms with Gasteiger partial charge in [-0.1, -0.05) is 6.07 Å². The zero-order valence-corrected chi connectivity index (χ0v) is 8.35. The second-order valence-electron chi connectivity index (χ2n) is 2.92. The topological polar surface area (TPSA) is 17.1 Å². The van der Waals surface area contributed by atoms with Crippen molar-refractivity contribution in [3.63, 3.8) is 0 Å². The summed E-state index contributed by atoms with van der Waals surface area (Å²) in [7, 11) is 0. The van der Waals surface area contributed by atoms with Crippen LogP contribution >= 0.6 is 11.3 Å². The van der Waals surface area contributed by atoms with E-state index >= 15 is 0 Å². The molecular formula is C11H6F2OS. The summed E-state index contributed by atoms with van der Waals surface area (Å²) < 4.78 is 26.7. The molecule has 0 unspecified atom stereocenters. The molecule has 0 bridgehead atoms. The van der Waals surface area contributed by atoms with E-state index in [4.69, 9.17) is 0 Å². The summed E-state index contributed by atoms with van der Waals surface area (Å²) in [6.45, 7) is 0. The fraction of sp³-hybridized carbons (Fsp3) is 0. The number of hydrogen-bond acceptors (Lipinski definition) is 2. The average molecular weight is 224 g/mol. The van der Waals surface area contributed by atoms with E-state index in [0.29, 0.717) is 16.0 Å². The van der Waals surface area contributed by atoms with Crippen LogP contribution in [-0.4, -0.2) is 6.29 Å². The molecule has 0 amide bonds. The Labute approximate surface area is 89.0 Å². The van der Waals surface area contributed by atoms with E-state index < -0.39 is 11.6 Å². The second kappa shape index (κ2) is 3.90. The molecule has 15 heavy (non-hydrogen) atoms. The highest BCUT2D eigenvalue weighted by Gasteiger charge is 2.12. The Morgan fingerprint density at radius 1 is 1.07 bits per heavy atom. The molecule has 2 aromatic rings. The summed E-state index contributed by atoms with van der Waals surface area (Å²) in [4.78, 5) is 11.3. The van der Waals surface area contributed by atoms with Gasteiger partial charge < -0.3 is 0 Å². The number of aldehydes is 1. The third-order valence-electron chi connectivity index (χ3n) is 1.95. The van der Waals surface area contributed by atoms with Gasteiger partial charge in [-0.2, -0.15) is 0 Å². The minimum absolute atomic E-state index is 0.0735. The minimum Gasteiger partial charge on any atom is -0.297 e. The molecule has 0 spiro atoms. The number of thiophene rings is 1. The molecule has 1 heterocycles. The Morgan fingerprint density at radius 3 is 2.27 bits per heavy atom. The quantitative estimate of drug-likeness (QED) is 0.713. The first-order chi connectivity index (χ1) is 7.22. The molecule has 4 heteroatoms. The van der Waals surface area contributed by atoms with E-state index in [-0.39, 0.29) is 5.56 Å². The Morgan fingerprint density at radius 2 is 1.73 bits per heavy atom. The fourth-order valence-electron chi connectivity index (χ4n) is 1.28.